The second kappa shape index (κ2) is 7.61. The van der Waals surface area contributed by atoms with Crippen molar-refractivity contribution in [2.24, 2.45) is 0 Å². The average Bonchev–Trinajstić information content (AvgIpc) is 3.34. The van der Waals surface area contributed by atoms with Gasteiger partial charge >= 0.3 is 0 Å². The fourth-order valence-electron chi connectivity index (χ4n) is 2.80. The third kappa shape index (κ3) is 3.46. The van der Waals surface area contributed by atoms with Crippen molar-refractivity contribution >= 4 is 22.8 Å². The lowest BCUT2D eigenvalue weighted by atomic mass is 10.2. The summed E-state index contributed by atoms with van der Waals surface area (Å²) in [5.74, 6) is 0.715. The minimum absolute atomic E-state index is 0.0288. The minimum atomic E-state index is -0.361. The Hall–Kier alpha value is -2.91. The molecule has 0 aliphatic rings. The molecule has 0 fully saturated rings. The number of hydrogen-bond acceptors (Lipinski definition) is 7. The van der Waals surface area contributed by atoms with Crippen LogP contribution in [0.5, 0.6) is 0 Å². The Morgan fingerprint density at radius 2 is 2.04 bits per heavy atom. The Morgan fingerprint density at radius 3 is 2.82 bits per heavy atom. The molecule has 3 heterocycles. The maximum Gasteiger partial charge on any atom is 0.188 e. The summed E-state index contributed by atoms with van der Waals surface area (Å²) < 4.78 is 21.1. The maximum atomic E-state index is 14.2. The van der Waals surface area contributed by atoms with Gasteiger partial charge in [0.1, 0.15) is 22.7 Å². The third-order valence-electron chi connectivity index (χ3n) is 4.42. The lowest BCUT2D eigenvalue weighted by Crippen LogP contribution is -2.19. The molecule has 4 rings (SSSR count). The zero-order valence-electron chi connectivity index (χ0n) is 15.7. The van der Waals surface area contributed by atoms with Gasteiger partial charge in [0.25, 0.3) is 0 Å². The molecule has 0 aliphatic heterocycles. The van der Waals surface area contributed by atoms with E-state index in [1.54, 1.807) is 41.2 Å². The number of anilines is 1. The molecule has 9 heteroatoms. The molecule has 144 valence electrons. The van der Waals surface area contributed by atoms with Gasteiger partial charge in [0.2, 0.25) is 0 Å². The van der Waals surface area contributed by atoms with Gasteiger partial charge in [0, 0.05) is 19.5 Å². The Balaban J connectivity index is 1.63. The summed E-state index contributed by atoms with van der Waals surface area (Å²) in [5, 5.41) is 15.8. The van der Waals surface area contributed by atoms with Crippen molar-refractivity contribution in [2.75, 3.05) is 19.1 Å². The predicted octanol–water partition coefficient (Wildman–Crippen LogP) is 3.73. The molecule has 1 atom stereocenters. The first-order chi connectivity index (χ1) is 13.6. The molecular weight excluding hydrogens is 379 g/mol. The van der Waals surface area contributed by atoms with Crippen LogP contribution >= 0.6 is 11.3 Å². The van der Waals surface area contributed by atoms with E-state index in [0.29, 0.717) is 29.4 Å². The summed E-state index contributed by atoms with van der Waals surface area (Å²) in [6.45, 7) is 2.56. The van der Waals surface area contributed by atoms with E-state index in [1.165, 1.54) is 6.07 Å². The number of rotatable bonds is 6. The number of thiazole rings is 1. The zero-order valence-corrected chi connectivity index (χ0v) is 16.5. The number of fused-ring (bicyclic) bond motifs is 1. The lowest BCUT2D eigenvalue weighted by molar-refractivity contribution is 0.119. The number of ether oxygens (including phenoxy) is 1. The van der Waals surface area contributed by atoms with Crippen molar-refractivity contribution in [3.63, 3.8) is 0 Å². The molecular formula is C19H19FN6OS. The van der Waals surface area contributed by atoms with Gasteiger partial charge in [-0.15, -0.1) is 26.6 Å². The molecule has 0 saturated heterocycles. The maximum absolute atomic E-state index is 14.2. The summed E-state index contributed by atoms with van der Waals surface area (Å²) in [6.07, 6.45) is -0.0288. The van der Waals surface area contributed by atoms with Crippen molar-refractivity contribution in [3.8, 4) is 11.4 Å². The first kappa shape index (κ1) is 18.5. The van der Waals surface area contributed by atoms with Crippen LogP contribution in [0.2, 0.25) is 0 Å². The van der Waals surface area contributed by atoms with E-state index in [2.05, 4.69) is 20.3 Å². The topological polar surface area (TPSA) is 68.4 Å². The first-order valence-corrected chi connectivity index (χ1v) is 9.60. The smallest absolute Gasteiger partial charge is 0.188 e. The molecule has 0 saturated carbocycles. The summed E-state index contributed by atoms with van der Waals surface area (Å²) >= 11 is 1.57. The van der Waals surface area contributed by atoms with Crippen molar-refractivity contribution in [2.45, 2.75) is 19.6 Å². The standard InChI is InChI=1S/C19H19FN6OS/c1-12(27-3)19-21-13(11-28-19)10-25(2)17-9-8-16-22-23-18(26(16)24-17)14-6-4-5-7-15(14)20/h4-9,11-12H,10H2,1-3H3. The molecule has 28 heavy (non-hydrogen) atoms. The highest BCUT2D eigenvalue weighted by atomic mass is 32.1. The van der Waals surface area contributed by atoms with E-state index in [4.69, 9.17) is 4.74 Å². The lowest BCUT2D eigenvalue weighted by Gasteiger charge is -2.17. The van der Waals surface area contributed by atoms with E-state index in [1.807, 2.05) is 36.4 Å². The number of hydrogen-bond donors (Lipinski definition) is 0. The van der Waals surface area contributed by atoms with Gasteiger partial charge in [-0.25, -0.2) is 9.37 Å². The normalized spacial score (nSPS) is 12.4. The Labute approximate surface area is 165 Å². The summed E-state index contributed by atoms with van der Waals surface area (Å²) in [7, 11) is 3.60. The van der Waals surface area contributed by atoms with Crippen LogP contribution < -0.4 is 4.90 Å². The highest BCUT2D eigenvalue weighted by Gasteiger charge is 2.16. The quantitative estimate of drug-likeness (QED) is 0.493. The second-order valence-corrected chi connectivity index (χ2v) is 7.27. The van der Waals surface area contributed by atoms with Crippen molar-refractivity contribution < 1.29 is 9.13 Å². The van der Waals surface area contributed by atoms with Crippen LogP contribution in [-0.4, -0.2) is 39.0 Å². The van der Waals surface area contributed by atoms with Crippen LogP contribution in [0.25, 0.3) is 17.0 Å². The average molecular weight is 398 g/mol. The van der Waals surface area contributed by atoms with Crippen LogP contribution in [0.3, 0.4) is 0 Å². The van der Waals surface area contributed by atoms with Gasteiger partial charge in [-0.2, -0.15) is 4.52 Å². The molecule has 0 amide bonds. The SMILES string of the molecule is COC(C)c1nc(CN(C)c2ccc3nnc(-c4ccccc4F)n3n2)cs1. The number of aromatic nitrogens is 5. The van der Waals surface area contributed by atoms with Crippen molar-refractivity contribution in [3.05, 3.63) is 58.3 Å². The Bertz CT molecular complexity index is 1110. The summed E-state index contributed by atoms with van der Waals surface area (Å²) in [4.78, 5) is 6.59. The molecule has 1 aromatic carbocycles. The molecule has 0 spiro atoms. The summed E-state index contributed by atoms with van der Waals surface area (Å²) in [6, 6.07) is 10.1. The van der Waals surface area contributed by atoms with Crippen LogP contribution in [0.15, 0.2) is 41.8 Å². The number of benzene rings is 1. The fraction of sp³-hybridized carbons (Fsp3) is 0.263. The van der Waals surface area contributed by atoms with Gasteiger partial charge in [0.05, 0.1) is 17.8 Å². The molecule has 4 aromatic rings. The van der Waals surface area contributed by atoms with E-state index in [0.717, 1.165) is 10.7 Å². The van der Waals surface area contributed by atoms with Gasteiger partial charge in [-0.3, -0.25) is 0 Å². The van der Waals surface area contributed by atoms with Crippen LogP contribution in [0, 0.1) is 5.82 Å². The number of halogens is 1. The van der Waals surface area contributed by atoms with Gasteiger partial charge in [0.15, 0.2) is 11.5 Å². The predicted molar refractivity (Wildman–Crippen MR) is 106 cm³/mol. The van der Waals surface area contributed by atoms with Crippen LogP contribution in [-0.2, 0) is 11.3 Å². The van der Waals surface area contributed by atoms with E-state index >= 15 is 0 Å². The highest BCUT2D eigenvalue weighted by molar-refractivity contribution is 7.09. The molecule has 1 unspecified atom stereocenters. The minimum Gasteiger partial charge on any atom is -0.375 e. The number of methoxy groups -OCH3 is 1. The van der Waals surface area contributed by atoms with E-state index in [-0.39, 0.29) is 11.9 Å². The largest absolute Gasteiger partial charge is 0.375 e. The number of nitrogens with zero attached hydrogens (tertiary/aromatic N) is 6. The summed E-state index contributed by atoms with van der Waals surface area (Å²) in [5.41, 5.74) is 1.85. The van der Waals surface area contributed by atoms with Gasteiger partial charge in [-0.1, -0.05) is 12.1 Å². The monoisotopic (exact) mass is 398 g/mol. The Kier molecular flexibility index (Phi) is 5.01. The second-order valence-electron chi connectivity index (χ2n) is 6.38. The van der Waals surface area contributed by atoms with Crippen LogP contribution in [0.4, 0.5) is 10.2 Å². The zero-order chi connectivity index (χ0) is 19.7. The molecule has 0 radical (unpaired) electrons. The molecule has 0 N–H and O–H groups in total. The van der Waals surface area contributed by atoms with Crippen molar-refractivity contribution in [1.82, 2.24) is 24.8 Å². The highest BCUT2D eigenvalue weighted by Crippen LogP contribution is 2.24. The Morgan fingerprint density at radius 1 is 1.21 bits per heavy atom. The van der Waals surface area contributed by atoms with Crippen LogP contribution in [0.1, 0.15) is 23.7 Å². The third-order valence-corrected chi connectivity index (χ3v) is 5.48. The molecule has 0 bridgehead atoms. The van der Waals surface area contributed by atoms with Gasteiger partial charge < -0.3 is 9.64 Å². The van der Waals surface area contributed by atoms with Gasteiger partial charge in [-0.05, 0) is 31.2 Å². The van der Waals surface area contributed by atoms with Crippen molar-refractivity contribution in [1.29, 1.82) is 0 Å². The fourth-order valence-corrected chi connectivity index (χ4v) is 3.64. The van der Waals surface area contributed by atoms with E-state index in [9.17, 15) is 4.39 Å². The molecule has 7 nitrogen and oxygen atoms in total. The molecule has 3 aromatic heterocycles. The molecule has 0 aliphatic carbocycles. The van der Waals surface area contributed by atoms with E-state index < -0.39 is 0 Å². The first-order valence-electron chi connectivity index (χ1n) is 8.72.